The van der Waals surface area contributed by atoms with E-state index in [1.807, 2.05) is 12.1 Å². The van der Waals surface area contributed by atoms with Crippen LogP contribution in [-0.2, 0) is 33.3 Å². The summed E-state index contributed by atoms with van der Waals surface area (Å²) in [6, 6.07) is 13.2. The van der Waals surface area contributed by atoms with Crippen LogP contribution in [-0.4, -0.2) is 105 Å². The molecule has 3 aromatic carbocycles. The number of likely N-dealkylation sites (tertiary alicyclic amines) is 2. The number of hydrogen-bond acceptors (Lipinski definition) is 12. The van der Waals surface area contributed by atoms with Crippen LogP contribution < -0.4 is 18.9 Å². The lowest BCUT2D eigenvalue weighted by molar-refractivity contribution is -0.188. The van der Waals surface area contributed by atoms with E-state index in [0.29, 0.717) is 61.9 Å². The molecule has 2 spiro atoms. The maximum absolute atomic E-state index is 13.7. The fourth-order valence-electron chi connectivity index (χ4n) is 13.7. The Hall–Kier alpha value is -4.62. The van der Waals surface area contributed by atoms with Gasteiger partial charge in [0.1, 0.15) is 0 Å². The second-order valence-corrected chi connectivity index (χ2v) is 19.7. The summed E-state index contributed by atoms with van der Waals surface area (Å²) in [6.45, 7) is 3.49. The van der Waals surface area contributed by atoms with Crippen LogP contribution in [0.4, 0.5) is 0 Å². The monoisotopic (exact) mass is 812 g/mol. The van der Waals surface area contributed by atoms with Crippen molar-refractivity contribution in [1.82, 2.24) is 9.80 Å². The fourth-order valence-corrected chi connectivity index (χ4v) is 13.7. The zero-order valence-electron chi connectivity index (χ0n) is 33.5. The SMILES string of the molecule is O=C(Oc1ccc2c3c1O[C@H]1C(=O)CC[C@@]4(O)[C@@H](C2)N(CC2CC2)CC[C@]314)c1ccc(C(=O)Oc2ccc3c4c2O[C@H]2C(=O)CC[C@@]5(O)[C@@H](C3)N(CC3CC3)CC[C@]425)cc1. The summed E-state index contributed by atoms with van der Waals surface area (Å²) in [4.78, 5) is 59.3. The van der Waals surface area contributed by atoms with Crippen LogP contribution in [0.25, 0.3) is 0 Å². The lowest BCUT2D eigenvalue weighted by Gasteiger charge is -2.62. The van der Waals surface area contributed by atoms with Crippen molar-refractivity contribution in [3.8, 4) is 23.0 Å². The van der Waals surface area contributed by atoms with E-state index in [-0.39, 0.29) is 59.1 Å². The molecular weight excluding hydrogens is 765 g/mol. The number of carbonyl (C=O) groups is 4. The number of rotatable bonds is 8. The molecule has 0 aromatic heterocycles. The molecule has 60 heavy (non-hydrogen) atoms. The van der Waals surface area contributed by atoms with Crippen molar-refractivity contribution >= 4 is 23.5 Å². The highest BCUT2D eigenvalue weighted by atomic mass is 16.6. The van der Waals surface area contributed by atoms with Gasteiger partial charge in [0.25, 0.3) is 0 Å². The van der Waals surface area contributed by atoms with E-state index in [0.717, 1.165) is 48.4 Å². The Labute approximate surface area is 347 Å². The molecule has 3 aromatic rings. The normalized spacial score (nSPS) is 36.5. The number of ketones is 2. The smallest absolute Gasteiger partial charge is 0.343 e. The summed E-state index contributed by atoms with van der Waals surface area (Å²) in [5, 5.41) is 25.2. The molecule has 4 saturated carbocycles. The van der Waals surface area contributed by atoms with Crippen LogP contribution in [0, 0.1) is 11.8 Å². The van der Waals surface area contributed by atoms with Gasteiger partial charge in [0.15, 0.2) is 46.8 Å². The van der Waals surface area contributed by atoms with E-state index < -0.39 is 46.2 Å². The molecule has 10 aliphatic rings. The quantitative estimate of drug-likeness (QED) is 0.245. The Morgan fingerprint density at radius 1 is 0.617 bits per heavy atom. The summed E-state index contributed by atoms with van der Waals surface area (Å²) in [5.74, 6) is 1.12. The molecule has 6 fully saturated rings. The lowest BCUT2D eigenvalue weighted by atomic mass is 9.49. The van der Waals surface area contributed by atoms with Gasteiger partial charge in [-0.1, -0.05) is 12.1 Å². The third kappa shape index (κ3) is 4.55. The van der Waals surface area contributed by atoms with E-state index >= 15 is 0 Å². The number of benzene rings is 3. The van der Waals surface area contributed by atoms with Crippen LogP contribution in [0.5, 0.6) is 23.0 Å². The topological polar surface area (TPSA) is 152 Å². The molecule has 4 bridgehead atoms. The van der Waals surface area contributed by atoms with Crippen molar-refractivity contribution in [2.45, 2.75) is 123 Å². The van der Waals surface area contributed by atoms with Gasteiger partial charge in [-0.05, 0) is 137 Å². The Bertz CT molecular complexity index is 2290. The van der Waals surface area contributed by atoms with E-state index in [1.54, 1.807) is 12.1 Å². The summed E-state index contributed by atoms with van der Waals surface area (Å²) in [7, 11) is 0. The molecule has 0 amide bonds. The van der Waals surface area contributed by atoms with Gasteiger partial charge < -0.3 is 29.2 Å². The zero-order chi connectivity index (χ0) is 40.5. The molecule has 8 atom stereocenters. The molecule has 2 N–H and O–H groups in total. The minimum Gasteiger partial charge on any atom is -0.477 e. The first-order chi connectivity index (χ1) is 29.0. The largest absolute Gasteiger partial charge is 0.477 e. The first-order valence-corrected chi connectivity index (χ1v) is 22.2. The molecule has 2 saturated heterocycles. The van der Waals surface area contributed by atoms with Crippen LogP contribution >= 0.6 is 0 Å². The summed E-state index contributed by atoms with van der Waals surface area (Å²) < 4.78 is 24.9. The van der Waals surface area contributed by atoms with Crippen molar-refractivity contribution in [2.75, 3.05) is 26.2 Å². The highest BCUT2D eigenvalue weighted by Crippen LogP contribution is 2.67. The maximum Gasteiger partial charge on any atom is 0.343 e. The number of ether oxygens (including phenoxy) is 4. The van der Waals surface area contributed by atoms with Crippen LogP contribution in [0.3, 0.4) is 0 Å². The van der Waals surface area contributed by atoms with Crippen LogP contribution in [0.2, 0.25) is 0 Å². The second kappa shape index (κ2) is 12.1. The van der Waals surface area contributed by atoms with Crippen molar-refractivity contribution in [1.29, 1.82) is 0 Å². The van der Waals surface area contributed by atoms with Gasteiger partial charge in [0.2, 0.25) is 0 Å². The maximum atomic E-state index is 13.7. The van der Waals surface area contributed by atoms with Gasteiger partial charge in [-0.2, -0.15) is 0 Å². The van der Waals surface area contributed by atoms with Crippen molar-refractivity contribution in [3.05, 3.63) is 81.9 Å². The average Bonchev–Trinajstić information content (AvgIpc) is 4.17. The van der Waals surface area contributed by atoms with Crippen molar-refractivity contribution < 1.29 is 48.3 Å². The van der Waals surface area contributed by atoms with E-state index in [4.69, 9.17) is 18.9 Å². The zero-order valence-corrected chi connectivity index (χ0v) is 33.5. The number of hydrogen-bond donors (Lipinski definition) is 2. The fraction of sp³-hybridized carbons (Fsp3) is 0.542. The van der Waals surface area contributed by atoms with Crippen molar-refractivity contribution in [2.24, 2.45) is 11.8 Å². The molecule has 0 unspecified atom stereocenters. The molecular formula is C48H48N2O10. The Kier molecular flexibility index (Phi) is 7.25. The lowest BCUT2D eigenvalue weighted by Crippen LogP contribution is -2.76. The van der Waals surface area contributed by atoms with Gasteiger partial charge in [-0.25, -0.2) is 9.59 Å². The number of aliphatic hydroxyl groups is 2. The van der Waals surface area contributed by atoms with Gasteiger partial charge in [0, 0.05) is 49.1 Å². The molecule has 6 aliphatic carbocycles. The van der Waals surface area contributed by atoms with Gasteiger partial charge in [-0.15, -0.1) is 0 Å². The van der Waals surface area contributed by atoms with Gasteiger partial charge >= 0.3 is 11.9 Å². The minimum absolute atomic E-state index is 0.0281. The highest BCUT2D eigenvalue weighted by molar-refractivity contribution is 5.96. The number of carbonyl (C=O) groups excluding carboxylic acids is 4. The molecule has 12 heteroatoms. The van der Waals surface area contributed by atoms with Crippen LogP contribution in [0.1, 0.15) is 107 Å². The predicted molar refractivity (Wildman–Crippen MR) is 213 cm³/mol. The number of nitrogens with zero attached hydrogens (tertiary/aromatic N) is 2. The third-order valence-corrected chi connectivity index (χ3v) is 16.8. The van der Waals surface area contributed by atoms with E-state index in [2.05, 4.69) is 9.80 Å². The Balaban J connectivity index is 0.759. The van der Waals surface area contributed by atoms with Gasteiger partial charge in [0.05, 0.1) is 33.2 Å². The Morgan fingerprint density at radius 2 is 1.03 bits per heavy atom. The first-order valence-electron chi connectivity index (χ1n) is 22.2. The van der Waals surface area contributed by atoms with E-state index in [9.17, 15) is 29.4 Å². The molecule has 13 rings (SSSR count). The average molecular weight is 813 g/mol. The molecule has 4 heterocycles. The third-order valence-electron chi connectivity index (χ3n) is 16.8. The van der Waals surface area contributed by atoms with Crippen molar-refractivity contribution in [3.63, 3.8) is 0 Å². The summed E-state index contributed by atoms with van der Waals surface area (Å²) >= 11 is 0. The van der Waals surface area contributed by atoms with Gasteiger partial charge in [-0.3, -0.25) is 19.4 Å². The van der Waals surface area contributed by atoms with E-state index in [1.165, 1.54) is 49.9 Å². The number of Topliss-reactive ketones (excluding diaryl/α,β-unsaturated/α-hetero) is 2. The minimum atomic E-state index is -1.12. The highest BCUT2D eigenvalue weighted by Gasteiger charge is 2.75. The second-order valence-electron chi connectivity index (χ2n) is 19.7. The molecule has 0 radical (unpaired) electrons. The first kappa shape index (κ1) is 36.1. The predicted octanol–water partition coefficient (Wildman–Crippen LogP) is 4.39. The molecule has 12 nitrogen and oxygen atoms in total. The summed E-state index contributed by atoms with van der Waals surface area (Å²) in [6.07, 6.45) is 6.98. The number of esters is 2. The molecule has 310 valence electrons. The number of piperidine rings is 2. The Morgan fingerprint density at radius 3 is 1.43 bits per heavy atom. The summed E-state index contributed by atoms with van der Waals surface area (Å²) in [5.41, 5.74) is 0.0786. The van der Waals surface area contributed by atoms with Crippen LogP contribution in [0.15, 0.2) is 48.5 Å². The molecule has 4 aliphatic heterocycles. The standard InChI is InChI=1S/C48H48N2O10/c51-31-13-15-47(55)35-21-29-9-11-33(39-37(29)45(47,41(31)59-39)17-19-49(35)23-25-1-2-25)57-43(53)27-5-7-28(8-6-27)44(54)58-34-12-10-30-22-36-48(56)16-14-32(52)42-46(48,38(30)40(34)60-42)18-20-50(36)24-26-3-4-26/h5-12,25-26,35-36,41-42,55-56H,1-4,13-24H2/t35-,36-,41+,42+,45+,46+,47-,48-/m1/s1.